The lowest BCUT2D eigenvalue weighted by molar-refractivity contribution is 0.166. The molecule has 0 atom stereocenters. The molecule has 0 saturated carbocycles. The molecule has 0 fully saturated rings. The number of benzene rings is 1. The minimum Gasteiger partial charge on any atom is -0.361 e. The van der Waals surface area contributed by atoms with Crippen LogP contribution in [0.15, 0.2) is 30.5 Å². The Morgan fingerprint density at radius 1 is 1.28 bits per heavy atom. The monoisotopic (exact) mass is 245 g/mol. The van der Waals surface area contributed by atoms with E-state index in [0.717, 1.165) is 13.0 Å². The lowest BCUT2D eigenvalue weighted by Gasteiger charge is -2.34. The SMILES string of the molecule is CN(CCc1c[nH]c2ccccc12)C(C)(C)CN. The highest BCUT2D eigenvalue weighted by Gasteiger charge is 2.21. The van der Waals surface area contributed by atoms with E-state index in [1.165, 1.54) is 16.5 Å². The third-order valence-electron chi connectivity index (χ3n) is 3.92. The molecule has 3 nitrogen and oxygen atoms in total. The number of para-hydroxylation sites is 1. The smallest absolute Gasteiger partial charge is 0.0456 e. The van der Waals surface area contributed by atoms with E-state index >= 15 is 0 Å². The van der Waals surface area contributed by atoms with Gasteiger partial charge in [0.25, 0.3) is 0 Å². The van der Waals surface area contributed by atoms with E-state index in [9.17, 15) is 0 Å². The molecular formula is C15H23N3. The van der Waals surface area contributed by atoms with Gasteiger partial charge in [0.05, 0.1) is 0 Å². The molecule has 3 N–H and O–H groups in total. The predicted octanol–water partition coefficient (Wildman–Crippen LogP) is 2.38. The summed E-state index contributed by atoms with van der Waals surface area (Å²) in [5.74, 6) is 0. The van der Waals surface area contributed by atoms with Crippen molar-refractivity contribution in [2.75, 3.05) is 20.1 Å². The van der Waals surface area contributed by atoms with Gasteiger partial charge in [0.2, 0.25) is 0 Å². The van der Waals surface area contributed by atoms with Gasteiger partial charge in [0, 0.05) is 35.7 Å². The Kier molecular flexibility index (Phi) is 3.73. The third kappa shape index (κ3) is 2.57. The summed E-state index contributed by atoms with van der Waals surface area (Å²) in [5, 5.41) is 1.33. The van der Waals surface area contributed by atoms with Crippen LogP contribution in [-0.2, 0) is 6.42 Å². The fraction of sp³-hybridized carbons (Fsp3) is 0.467. The van der Waals surface area contributed by atoms with Gasteiger partial charge in [-0.2, -0.15) is 0 Å². The first-order chi connectivity index (χ1) is 8.54. The van der Waals surface area contributed by atoms with Gasteiger partial charge < -0.3 is 10.7 Å². The van der Waals surface area contributed by atoms with Crippen LogP contribution in [-0.4, -0.2) is 35.6 Å². The first-order valence-corrected chi connectivity index (χ1v) is 6.51. The summed E-state index contributed by atoms with van der Waals surface area (Å²) in [6.07, 6.45) is 3.16. The summed E-state index contributed by atoms with van der Waals surface area (Å²) in [6.45, 7) is 6.06. The molecule has 0 amide bonds. The van der Waals surface area contributed by atoms with Crippen molar-refractivity contribution in [3.63, 3.8) is 0 Å². The Balaban J connectivity index is 2.07. The second-order valence-electron chi connectivity index (χ2n) is 5.55. The van der Waals surface area contributed by atoms with Crippen LogP contribution in [0, 0.1) is 0 Å². The number of nitrogens with zero attached hydrogens (tertiary/aromatic N) is 1. The minimum atomic E-state index is 0.0616. The molecule has 1 aromatic heterocycles. The van der Waals surface area contributed by atoms with Crippen LogP contribution < -0.4 is 5.73 Å². The maximum Gasteiger partial charge on any atom is 0.0456 e. The van der Waals surface area contributed by atoms with Crippen molar-refractivity contribution in [3.8, 4) is 0 Å². The Morgan fingerprint density at radius 3 is 2.72 bits per heavy atom. The van der Waals surface area contributed by atoms with Gasteiger partial charge in [-0.3, -0.25) is 4.90 Å². The van der Waals surface area contributed by atoms with E-state index in [4.69, 9.17) is 5.73 Å². The largest absolute Gasteiger partial charge is 0.361 e. The Hall–Kier alpha value is -1.32. The number of hydrogen-bond acceptors (Lipinski definition) is 2. The number of rotatable bonds is 5. The van der Waals surface area contributed by atoms with Gasteiger partial charge in [-0.25, -0.2) is 0 Å². The number of nitrogens with two attached hydrogens (primary N) is 1. The Morgan fingerprint density at radius 2 is 2.00 bits per heavy atom. The number of aromatic nitrogens is 1. The van der Waals surface area contributed by atoms with E-state index in [-0.39, 0.29) is 5.54 Å². The third-order valence-corrected chi connectivity index (χ3v) is 3.92. The minimum absolute atomic E-state index is 0.0616. The second-order valence-corrected chi connectivity index (χ2v) is 5.55. The summed E-state index contributed by atoms with van der Waals surface area (Å²) >= 11 is 0. The van der Waals surface area contributed by atoms with E-state index in [0.29, 0.717) is 6.54 Å². The molecule has 0 aliphatic carbocycles. The molecule has 1 aromatic carbocycles. The Bertz CT molecular complexity index is 513. The maximum atomic E-state index is 5.80. The molecule has 0 aliphatic heterocycles. The summed E-state index contributed by atoms with van der Waals surface area (Å²) in [4.78, 5) is 5.65. The molecule has 0 radical (unpaired) electrons. The number of hydrogen-bond donors (Lipinski definition) is 2. The fourth-order valence-electron chi connectivity index (χ4n) is 2.09. The molecule has 1 heterocycles. The van der Waals surface area contributed by atoms with Gasteiger partial charge >= 0.3 is 0 Å². The van der Waals surface area contributed by atoms with Crippen molar-refractivity contribution >= 4 is 10.9 Å². The molecule has 98 valence electrons. The fourth-order valence-corrected chi connectivity index (χ4v) is 2.09. The van der Waals surface area contributed by atoms with Crippen molar-refractivity contribution in [1.82, 2.24) is 9.88 Å². The van der Waals surface area contributed by atoms with Gasteiger partial charge in [-0.15, -0.1) is 0 Å². The summed E-state index contributed by atoms with van der Waals surface area (Å²) in [6, 6.07) is 8.45. The van der Waals surface area contributed by atoms with Crippen LogP contribution in [0.5, 0.6) is 0 Å². The summed E-state index contributed by atoms with van der Waals surface area (Å²) in [7, 11) is 2.14. The van der Waals surface area contributed by atoms with E-state index < -0.39 is 0 Å². The summed E-state index contributed by atoms with van der Waals surface area (Å²) in [5.41, 5.74) is 8.46. The zero-order valence-electron chi connectivity index (χ0n) is 11.5. The predicted molar refractivity (Wildman–Crippen MR) is 77.8 cm³/mol. The molecule has 0 saturated heterocycles. The Labute approximate surface area is 109 Å². The van der Waals surface area contributed by atoms with E-state index in [1.54, 1.807) is 0 Å². The number of likely N-dealkylation sites (N-methyl/N-ethyl adjacent to an activating group) is 1. The van der Waals surface area contributed by atoms with Crippen molar-refractivity contribution in [2.45, 2.75) is 25.8 Å². The molecule has 0 unspecified atom stereocenters. The van der Waals surface area contributed by atoms with Crippen LogP contribution in [0.3, 0.4) is 0 Å². The average molecular weight is 245 g/mol. The topological polar surface area (TPSA) is 45.0 Å². The highest BCUT2D eigenvalue weighted by molar-refractivity contribution is 5.83. The number of aromatic amines is 1. The van der Waals surface area contributed by atoms with Crippen molar-refractivity contribution < 1.29 is 0 Å². The van der Waals surface area contributed by atoms with E-state index in [1.807, 2.05) is 0 Å². The van der Waals surface area contributed by atoms with Crippen molar-refractivity contribution in [2.24, 2.45) is 5.73 Å². The first kappa shape index (κ1) is 13.1. The molecule has 3 heteroatoms. The molecule has 0 aliphatic rings. The van der Waals surface area contributed by atoms with Crippen LogP contribution in [0.1, 0.15) is 19.4 Å². The molecule has 2 aromatic rings. The van der Waals surface area contributed by atoms with E-state index in [2.05, 4.69) is 61.2 Å². The van der Waals surface area contributed by atoms with Gasteiger partial charge in [-0.05, 0) is 38.9 Å². The molecule has 0 spiro atoms. The highest BCUT2D eigenvalue weighted by Crippen LogP contribution is 2.19. The lowest BCUT2D eigenvalue weighted by Crippen LogP contribution is -2.47. The number of fused-ring (bicyclic) bond motifs is 1. The number of nitrogens with one attached hydrogen (secondary N) is 1. The zero-order valence-corrected chi connectivity index (χ0v) is 11.5. The van der Waals surface area contributed by atoms with Crippen molar-refractivity contribution in [3.05, 3.63) is 36.0 Å². The molecule has 2 rings (SSSR count). The highest BCUT2D eigenvalue weighted by atomic mass is 15.2. The lowest BCUT2D eigenvalue weighted by atomic mass is 10.0. The van der Waals surface area contributed by atoms with Crippen LogP contribution in [0.2, 0.25) is 0 Å². The van der Waals surface area contributed by atoms with Crippen LogP contribution in [0.25, 0.3) is 10.9 Å². The van der Waals surface area contributed by atoms with Crippen LogP contribution in [0.4, 0.5) is 0 Å². The van der Waals surface area contributed by atoms with Crippen LogP contribution >= 0.6 is 0 Å². The van der Waals surface area contributed by atoms with Crippen molar-refractivity contribution in [1.29, 1.82) is 0 Å². The van der Waals surface area contributed by atoms with Gasteiger partial charge in [0.15, 0.2) is 0 Å². The first-order valence-electron chi connectivity index (χ1n) is 6.51. The zero-order chi connectivity index (χ0) is 13.2. The molecular weight excluding hydrogens is 222 g/mol. The summed E-state index contributed by atoms with van der Waals surface area (Å²) < 4.78 is 0. The maximum absolute atomic E-state index is 5.80. The van der Waals surface area contributed by atoms with Gasteiger partial charge in [-0.1, -0.05) is 18.2 Å². The van der Waals surface area contributed by atoms with Gasteiger partial charge in [0.1, 0.15) is 0 Å². The second kappa shape index (κ2) is 5.12. The number of H-pyrrole nitrogens is 1. The molecule has 0 bridgehead atoms. The quantitative estimate of drug-likeness (QED) is 0.849. The normalized spacial score (nSPS) is 12.5. The molecule has 18 heavy (non-hydrogen) atoms. The standard InChI is InChI=1S/C15H23N3/c1-15(2,11-16)18(3)9-8-12-10-17-14-7-5-4-6-13(12)14/h4-7,10,17H,8-9,11,16H2,1-3H3. The average Bonchev–Trinajstić information content (AvgIpc) is 2.79.